The van der Waals surface area contributed by atoms with E-state index in [9.17, 15) is 0 Å². The highest BCUT2D eigenvalue weighted by Crippen LogP contribution is 2.06. The zero-order chi connectivity index (χ0) is 14.1. The van der Waals surface area contributed by atoms with E-state index in [2.05, 4.69) is 63.4 Å². The molecular formula is C19H22. The van der Waals surface area contributed by atoms with Gasteiger partial charge in [-0.15, -0.1) is 0 Å². The fourth-order valence-electron chi connectivity index (χ4n) is 1.71. The van der Waals surface area contributed by atoms with Gasteiger partial charge in [0.25, 0.3) is 0 Å². The van der Waals surface area contributed by atoms with Gasteiger partial charge >= 0.3 is 0 Å². The van der Waals surface area contributed by atoms with Crippen molar-refractivity contribution in [3.63, 3.8) is 0 Å². The lowest BCUT2D eigenvalue weighted by atomic mass is 10.1. The molecule has 0 atom stereocenters. The maximum absolute atomic E-state index is 3.69. The summed E-state index contributed by atoms with van der Waals surface area (Å²) < 4.78 is 0. The molecule has 0 aliphatic rings. The number of hydrogen-bond acceptors (Lipinski definition) is 0. The van der Waals surface area contributed by atoms with Crippen LogP contribution in [0, 0.1) is 6.92 Å². The van der Waals surface area contributed by atoms with E-state index in [4.69, 9.17) is 0 Å². The first kappa shape index (κ1) is 15.0. The molecule has 2 aromatic rings. The van der Waals surface area contributed by atoms with Crippen LogP contribution in [0.2, 0.25) is 0 Å². The van der Waals surface area contributed by atoms with Crippen LogP contribution < -0.4 is 0 Å². The molecule has 0 aromatic heterocycles. The van der Waals surface area contributed by atoms with Crippen molar-refractivity contribution in [2.75, 3.05) is 0 Å². The van der Waals surface area contributed by atoms with Gasteiger partial charge in [0.1, 0.15) is 0 Å². The molecule has 0 spiro atoms. The number of rotatable bonds is 3. The van der Waals surface area contributed by atoms with Crippen molar-refractivity contribution in [3.05, 3.63) is 83.9 Å². The van der Waals surface area contributed by atoms with Crippen molar-refractivity contribution in [1.82, 2.24) is 0 Å². The molecule has 0 aliphatic heterocycles. The third-order valence-electron chi connectivity index (χ3n) is 3.03. The van der Waals surface area contributed by atoms with Gasteiger partial charge in [-0.25, -0.2) is 0 Å². The van der Waals surface area contributed by atoms with Crippen molar-refractivity contribution >= 4 is 12.2 Å². The number of aryl methyl sites for hydroxylation is 2. The predicted molar refractivity (Wildman–Crippen MR) is 87.2 cm³/mol. The Morgan fingerprint density at radius 1 is 0.895 bits per heavy atom. The van der Waals surface area contributed by atoms with E-state index in [-0.39, 0.29) is 0 Å². The van der Waals surface area contributed by atoms with Crippen LogP contribution in [0.25, 0.3) is 12.2 Å². The molecular weight excluding hydrogens is 228 g/mol. The van der Waals surface area contributed by atoms with Gasteiger partial charge in [-0.05, 0) is 35.6 Å². The molecule has 0 bridgehead atoms. The Morgan fingerprint density at radius 3 is 1.95 bits per heavy atom. The van der Waals surface area contributed by atoms with Gasteiger partial charge in [0.15, 0.2) is 0 Å². The molecule has 0 nitrogen and oxygen atoms in total. The second kappa shape index (κ2) is 8.10. The molecule has 0 saturated heterocycles. The zero-order valence-electron chi connectivity index (χ0n) is 11.9. The van der Waals surface area contributed by atoms with Gasteiger partial charge in [0.05, 0.1) is 0 Å². The monoisotopic (exact) mass is 250 g/mol. The molecule has 98 valence electrons. The van der Waals surface area contributed by atoms with E-state index in [1.165, 1.54) is 22.3 Å². The van der Waals surface area contributed by atoms with Crippen LogP contribution in [-0.2, 0) is 6.42 Å². The molecule has 2 aromatic carbocycles. The first-order valence-electron chi connectivity index (χ1n) is 6.60. The zero-order valence-corrected chi connectivity index (χ0v) is 11.9. The Balaban J connectivity index is 0.000000191. The summed E-state index contributed by atoms with van der Waals surface area (Å²) in [5.74, 6) is 0. The summed E-state index contributed by atoms with van der Waals surface area (Å²) in [5.41, 5.74) is 5.08. The quantitative estimate of drug-likeness (QED) is 0.672. The summed E-state index contributed by atoms with van der Waals surface area (Å²) >= 11 is 0. The van der Waals surface area contributed by atoms with E-state index < -0.39 is 0 Å². The minimum absolute atomic E-state index is 1.11. The molecule has 0 radical (unpaired) electrons. The lowest BCUT2D eigenvalue weighted by Crippen LogP contribution is -1.78. The lowest BCUT2D eigenvalue weighted by Gasteiger charge is -1.95. The fourth-order valence-corrected chi connectivity index (χ4v) is 1.71. The first-order valence-corrected chi connectivity index (χ1v) is 6.60. The lowest BCUT2D eigenvalue weighted by molar-refractivity contribution is 1.14. The molecule has 0 amide bonds. The number of hydrogen-bond donors (Lipinski definition) is 0. The van der Waals surface area contributed by atoms with Crippen molar-refractivity contribution < 1.29 is 0 Å². The minimum Gasteiger partial charge on any atom is -0.0985 e. The van der Waals surface area contributed by atoms with Crippen LogP contribution >= 0.6 is 0 Å². The van der Waals surface area contributed by atoms with E-state index >= 15 is 0 Å². The highest BCUT2D eigenvalue weighted by molar-refractivity contribution is 5.50. The third-order valence-corrected chi connectivity index (χ3v) is 3.03. The smallest absolute Gasteiger partial charge is 0.0233 e. The Hall–Kier alpha value is -2.08. The van der Waals surface area contributed by atoms with Gasteiger partial charge in [-0.3, -0.25) is 0 Å². The number of benzene rings is 2. The van der Waals surface area contributed by atoms with Crippen LogP contribution in [0.4, 0.5) is 0 Å². The van der Waals surface area contributed by atoms with Crippen molar-refractivity contribution in [2.45, 2.75) is 20.3 Å². The summed E-state index contributed by atoms with van der Waals surface area (Å²) in [5, 5.41) is 0. The van der Waals surface area contributed by atoms with E-state index in [1.807, 2.05) is 24.3 Å². The van der Waals surface area contributed by atoms with Gasteiger partial charge in [0.2, 0.25) is 0 Å². The SMILES string of the molecule is C=Cc1ccc(CC)cc1.C=Cc1ccccc1C. The van der Waals surface area contributed by atoms with Gasteiger partial charge < -0.3 is 0 Å². The Labute approximate surface area is 117 Å². The van der Waals surface area contributed by atoms with Gasteiger partial charge in [-0.1, -0.05) is 80.8 Å². The van der Waals surface area contributed by atoms with Crippen LogP contribution in [-0.4, -0.2) is 0 Å². The minimum atomic E-state index is 1.11. The molecule has 19 heavy (non-hydrogen) atoms. The van der Waals surface area contributed by atoms with E-state index in [0.29, 0.717) is 0 Å². The standard InChI is InChI=1S/C10H12.C9H10/c1-3-9-5-7-10(4-2)8-6-9;1-3-9-7-5-4-6-8(9)2/h3,5-8H,1,4H2,2H3;3-7H,1H2,2H3. The first-order chi connectivity index (χ1) is 9.21. The average Bonchev–Trinajstić information content (AvgIpc) is 2.48. The molecule has 0 saturated carbocycles. The highest BCUT2D eigenvalue weighted by Gasteiger charge is 1.87. The third kappa shape index (κ3) is 4.97. The molecule has 0 heterocycles. The van der Waals surface area contributed by atoms with Crippen LogP contribution in [0.15, 0.2) is 61.7 Å². The summed E-state index contributed by atoms with van der Waals surface area (Å²) in [4.78, 5) is 0. The van der Waals surface area contributed by atoms with E-state index in [0.717, 1.165) is 6.42 Å². The molecule has 0 fully saturated rings. The largest absolute Gasteiger partial charge is 0.0985 e. The summed E-state index contributed by atoms with van der Waals surface area (Å²) in [6.07, 6.45) is 4.84. The Kier molecular flexibility index (Phi) is 6.38. The van der Waals surface area contributed by atoms with Crippen LogP contribution in [0.1, 0.15) is 29.2 Å². The topological polar surface area (TPSA) is 0 Å². The summed E-state index contributed by atoms with van der Waals surface area (Å²) in [7, 11) is 0. The van der Waals surface area contributed by atoms with Gasteiger partial charge in [0, 0.05) is 0 Å². The fraction of sp³-hybridized carbons (Fsp3) is 0.158. The van der Waals surface area contributed by atoms with Crippen LogP contribution in [0.3, 0.4) is 0 Å². The van der Waals surface area contributed by atoms with Crippen molar-refractivity contribution in [1.29, 1.82) is 0 Å². The summed E-state index contributed by atoms with van der Waals surface area (Å²) in [6.45, 7) is 11.6. The van der Waals surface area contributed by atoms with Crippen LogP contribution in [0.5, 0.6) is 0 Å². The Bertz CT molecular complexity index is 518. The molecule has 0 heteroatoms. The maximum Gasteiger partial charge on any atom is -0.0233 e. The molecule has 0 aliphatic carbocycles. The second-order valence-corrected chi connectivity index (χ2v) is 4.36. The summed E-state index contributed by atoms with van der Waals surface area (Å²) in [6, 6.07) is 16.6. The van der Waals surface area contributed by atoms with Crippen molar-refractivity contribution in [3.8, 4) is 0 Å². The van der Waals surface area contributed by atoms with Gasteiger partial charge in [-0.2, -0.15) is 0 Å². The molecule has 0 unspecified atom stereocenters. The molecule has 2 rings (SSSR count). The predicted octanol–water partition coefficient (Wildman–Crippen LogP) is 5.53. The Morgan fingerprint density at radius 2 is 1.53 bits per heavy atom. The van der Waals surface area contributed by atoms with E-state index in [1.54, 1.807) is 0 Å². The average molecular weight is 250 g/mol. The second-order valence-electron chi connectivity index (χ2n) is 4.36. The highest BCUT2D eigenvalue weighted by atomic mass is 13.9. The maximum atomic E-state index is 3.69. The normalized spacial score (nSPS) is 9.16. The van der Waals surface area contributed by atoms with Crippen molar-refractivity contribution in [2.24, 2.45) is 0 Å². The molecule has 0 N–H and O–H groups in total.